The lowest BCUT2D eigenvalue weighted by molar-refractivity contribution is -0.121. The summed E-state index contributed by atoms with van der Waals surface area (Å²) >= 11 is 0. The largest absolute Gasteiger partial charge is 0.326 e. The number of hydrogen-bond donors (Lipinski definition) is 2. The predicted octanol–water partition coefficient (Wildman–Crippen LogP) is 2.45. The van der Waals surface area contributed by atoms with Crippen molar-refractivity contribution >= 4 is 11.6 Å². The zero-order valence-corrected chi connectivity index (χ0v) is 13.3. The van der Waals surface area contributed by atoms with E-state index in [0.717, 1.165) is 24.3 Å². The molecule has 2 rings (SSSR count). The number of nitrogens with one attached hydrogen (secondary N) is 1. The summed E-state index contributed by atoms with van der Waals surface area (Å²) in [6.07, 6.45) is 1.25. The van der Waals surface area contributed by atoms with Crippen LogP contribution in [-0.4, -0.2) is 29.9 Å². The molecule has 3 N–H and O–H groups in total. The SMILES string of the molecule is CC1CC(C)CN(C(C)C(=O)Nc2cccc(CN)c2)C1. The Labute approximate surface area is 127 Å². The minimum atomic E-state index is -0.100. The number of amides is 1. The molecule has 4 nitrogen and oxygen atoms in total. The maximum absolute atomic E-state index is 12.4. The highest BCUT2D eigenvalue weighted by molar-refractivity contribution is 5.94. The quantitative estimate of drug-likeness (QED) is 0.895. The second-order valence-electron chi connectivity index (χ2n) is 6.47. The summed E-state index contributed by atoms with van der Waals surface area (Å²) in [6, 6.07) is 7.63. The summed E-state index contributed by atoms with van der Waals surface area (Å²) in [6.45, 7) is 9.01. The molecule has 0 aliphatic carbocycles. The molecule has 0 spiro atoms. The maximum Gasteiger partial charge on any atom is 0.241 e. The van der Waals surface area contributed by atoms with Gasteiger partial charge in [-0.2, -0.15) is 0 Å². The van der Waals surface area contributed by atoms with Gasteiger partial charge in [0.2, 0.25) is 5.91 Å². The summed E-state index contributed by atoms with van der Waals surface area (Å²) in [4.78, 5) is 14.7. The third kappa shape index (κ3) is 4.29. The van der Waals surface area contributed by atoms with Gasteiger partial charge in [-0.05, 0) is 42.9 Å². The van der Waals surface area contributed by atoms with Gasteiger partial charge in [-0.1, -0.05) is 26.0 Å². The molecule has 1 heterocycles. The molecule has 116 valence electrons. The molecule has 1 aromatic rings. The van der Waals surface area contributed by atoms with Crippen LogP contribution in [0, 0.1) is 11.8 Å². The molecule has 3 unspecified atom stereocenters. The molecular formula is C17H27N3O. The Morgan fingerprint density at radius 3 is 2.67 bits per heavy atom. The third-order valence-electron chi connectivity index (χ3n) is 4.25. The fourth-order valence-corrected chi connectivity index (χ4v) is 3.22. The number of carbonyl (C=O) groups excluding carboxylic acids is 1. The number of piperidine rings is 1. The van der Waals surface area contributed by atoms with E-state index in [2.05, 4.69) is 24.1 Å². The van der Waals surface area contributed by atoms with Crippen LogP contribution >= 0.6 is 0 Å². The number of benzene rings is 1. The number of rotatable bonds is 4. The molecule has 0 bridgehead atoms. The van der Waals surface area contributed by atoms with Crippen LogP contribution in [0.1, 0.15) is 32.8 Å². The number of carbonyl (C=O) groups is 1. The average molecular weight is 289 g/mol. The van der Waals surface area contributed by atoms with Crippen molar-refractivity contribution in [3.05, 3.63) is 29.8 Å². The van der Waals surface area contributed by atoms with Gasteiger partial charge in [-0.3, -0.25) is 9.69 Å². The molecule has 0 saturated carbocycles. The zero-order chi connectivity index (χ0) is 15.4. The molecule has 21 heavy (non-hydrogen) atoms. The third-order valence-corrected chi connectivity index (χ3v) is 4.25. The van der Waals surface area contributed by atoms with Gasteiger partial charge in [0.1, 0.15) is 0 Å². The summed E-state index contributed by atoms with van der Waals surface area (Å²) in [5.41, 5.74) is 7.49. The van der Waals surface area contributed by atoms with Crippen LogP contribution in [-0.2, 0) is 11.3 Å². The Kier molecular flexibility index (Phi) is 5.37. The Balaban J connectivity index is 1.98. The van der Waals surface area contributed by atoms with E-state index in [1.165, 1.54) is 6.42 Å². The van der Waals surface area contributed by atoms with E-state index < -0.39 is 0 Å². The molecule has 0 radical (unpaired) electrons. The topological polar surface area (TPSA) is 58.4 Å². The monoisotopic (exact) mass is 289 g/mol. The molecule has 1 aliphatic rings. The molecule has 1 fully saturated rings. The van der Waals surface area contributed by atoms with E-state index in [4.69, 9.17) is 5.73 Å². The minimum absolute atomic E-state index is 0.0606. The Bertz CT molecular complexity index is 479. The van der Waals surface area contributed by atoms with Gasteiger partial charge in [0, 0.05) is 25.3 Å². The van der Waals surface area contributed by atoms with Crippen LogP contribution in [0.3, 0.4) is 0 Å². The van der Waals surface area contributed by atoms with Gasteiger partial charge in [-0.25, -0.2) is 0 Å². The van der Waals surface area contributed by atoms with Crippen molar-refractivity contribution in [2.45, 2.75) is 39.8 Å². The number of hydrogen-bond acceptors (Lipinski definition) is 3. The first-order valence-electron chi connectivity index (χ1n) is 7.83. The van der Waals surface area contributed by atoms with Gasteiger partial charge in [0.15, 0.2) is 0 Å². The van der Waals surface area contributed by atoms with Crippen LogP contribution in [0.4, 0.5) is 5.69 Å². The summed E-state index contributed by atoms with van der Waals surface area (Å²) in [7, 11) is 0. The summed E-state index contributed by atoms with van der Waals surface area (Å²) in [5.74, 6) is 1.37. The van der Waals surface area contributed by atoms with Crippen molar-refractivity contribution in [2.75, 3.05) is 18.4 Å². The Morgan fingerprint density at radius 2 is 2.05 bits per heavy atom. The van der Waals surface area contributed by atoms with E-state index in [1.54, 1.807) is 0 Å². The highest BCUT2D eigenvalue weighted by Gasteiger charge is 2.28. The smallest absolute Gasteiger partial charge is 0.241 e. The lowest BCUT2D eigenvalue weighted by Crippen LogP contribution is -2.48. The standard InChI is InChI=1S/C17H27N3O/c1-12-7-13(2)11-20(10-12)14(3)17(21)19-16-6-4-5-15(8-16)9-18/h4-6,8,12-14H,7,9-11,18H2,1-3H3,(H,19,21). The molecule has 4 heteroatoms. The number of anilines is 1. The molecule has 1 saturated heterocycles. The van der Waals surface area contributed by atoms with E-state index in [9.17, 15) is 4.79 Å². The van der Waals surface area contributed by atoms with Gasteiger partial charge in [-0.15, -0.1) is 0 Å². The van der Waals surface area contributed by atoms with Gasteiger partial charge >= 0.3 is 0 Å². The van der Waals surface area contributed by atoms with Gasteiger partial charge < -0.3 is 11.1 Å². The lowest BCUT2D eigenvalue weighted by Gasteiger charge is -2.38. The molecule has 0 aromatic heterocycles. The minimum Gasteiger partial charge on any atom is -0.326 e. The van der Waals surface area contributed by atoms with E-state index in [-0.39, 0.29) is 11.9 Å². The molecular weight excluding hydrogens is 262 g/mol. The van der Waals surface area contributed by atoms with Crippen molar-refractivity contribution in [3.63, 3.8) is 0 Å². The van der Waals surface area contributed by atoms with Crippen molar-refractivity contribution in [3.8, 4) is 0 Å². The molecule has 1 aromatic carbocycles. The van der Waals surface area contributed by atoms with Crippen LogP contribution in [0.2, 0.25) is 0 Å². The first-order chi connectivity index (χ1) is 9.99. The van der Waals surface area contributed by atoms with Crippen molar-refractivity contribution in [2.24, 2.45) is 17.6 Å². The van der Waals surface area contributed by atoms with Crippen LogP contribution < -0.4 is 11.1 Å². The highest BCUT2D eigenvalue weighted by atomic mass is 16.2. The zero-order valence-electron chi connectivity index (χ0n) is 13.3. The Morgan fingerprint density at radius 1 is 1.38 bits per heavy atom. The second kappa shape index (κ2) is 7.05. The summed E-state index contributed by atoms with van der Waals surface area (Å²) in [5, 5.41) is 3.01. The van der Waals surface area contributed by atoms with Crippen LogP contribution in [0.5, 0.6) is 0 Å². The maximum atomic E-state index is 12.4. The van der Waals surface area contributed by atoms with E-state index >= 15 is 0 Å². The summed E-state index contributed by atoms with van der Waals surface area (Å²) < 4.78 is 0. The second-order valence-corrected chi connectivity index (χ2v) is 6.47. The van der Waals surface area contributed by atoms with Crippen molar-refractivity contribution in [1.29, 1.82) is 0 Å². The lowest BCUT2D eigenvalue weighted by atomic mass is 9.91. The molecule has 1 aliphatic heterocycles. The van der Waals surface area contributed by atoms with E-state index in [0.29, 0.717) is 18.4 Å². The normalized spacial score (nSPS) is 24.6. The first-order valence-corrected chi connectivity index (χ1v) is 7.83. The fraction of sp³-hybridized carbons (Fsp3) is 0.588. The van der Waals surface area contributed by atoms with Crippen LogP contribution in [0.15, 0.2) is 24.3 Å². The number of likely N-dealkylation sites (tertiary alicyclic amines) is 1. The first kappa shape index (κ1) is 16.0. The van der Waals surface area contributed by atoms with Gasteiger partial charge in [0.25, 0.3) is 0 Å². The molecule has 1 amide bonds. The van der Waals surface area contributed by atoms with Crippen molar-refractivity contribution in [1.82, 2.24) is 4.90 Å². The fourth-order valence-electron chi connectivity index (χ4n) is 3.22. The van der Waals surface area contributed by atoms with Crippen molar-refractivity contribution < 1.29 is 4.79 Å². The number of nitrogens with zero attached hydrogens (tertiary/aromatic N) is 1. The Hall–Kier alpha value is -1.39. The number of nitrogens with two attached hydrogens (primary N) is 1. The predicted molar refractivity (Wildman–Crippen MR) is 86.9 cm³/mol. The molecule has 3 atom stereocenters. The highest BCUT2D eigenvalue weighted by Crippen LogP contribution is 2.23. The van der Waals surface area contributed by atoms with Gasteiger partial charge in [0.05, 0.1) is 6.04 Å². The van der Waals surface area contributed by atoms with E-state index in [1.807, 2.05) is 31.2 Å². The average Bonchev–Trinajstić information content (AvgIpc) is 2.45. The van der Waals surface area contributed by atoms with Crippen LogP contribution in [0.25, 0.3) is 0 Å².